The summed E-state index contributed by atoms with van der Waals surface area (Å²) in [6, 6.07) is 6.26. The number of hydrogen-bond donors (Lipinski definition) is 6. The third-order valence-corrected chi connectivity index (χ3v) is 6.67. The normalized spacial score (nSPS) is 40.9. The maximum Gasteiger partial charge on any atom is 0.331 e. The Bertz CT molecular complexity index is 941. The summed E-state index contributed by atoms with van der Waals surface area (Å²) in [5, 5.41) is 60.1. The molecular formula is C24H30O11. The van der Waals surface area contributed by atoms with E-state index in [0.717, 1.165) is 0 Å². The summed E-state index contributed by atoms with van der Waals surface area (Å²) in [4.78, 5) is 12.4. The molecule has 0 aromatic heterocycles. The van der Waals surface area contributed by atoms with Crippen LogP contribution in [0.25, 0.3) is 6.08 Å². The lowest BCUT2D eigenvalue weighted by atomic mass is 9.85. The summed E-state index contributed by atoms with van der Waals surface area (Å²) in [5.41, 5.74) is -0.699. The highest BCUT2D eigenvalue weighted by Crippen LogP contribution is 2.48. The summed E-state index contributed by atoms with van der Waals surface area (Å²) in [6.45, 7) is 0.937. The van der Waals surface area contributed by atoms with Crippen molar-refractivity contribution in [2.75, 3.05) is 6.61 Å². The van der Waals surface area contributed by atoms with Crippen molar-refractivity contribution in [2.45, 2.75) is 62.0 Å². The number of hydrogen-bond acceptors (Lipinski definition) is 11. The minimum Gasteiger partial charge on any atom is -0.508 e. The number of aliphatic hydroxyl groups excluding tert-OH is 4. The molecule has 35 heavy (non-hydrogen) atoms. The standard InChI is InChI=1S/C24H30O11/c1-24(31)10-15(33-17(27)7-4-12-2-5-13(26)6-3-12)14-8-9-32-22(18(14)24)35-23-21(30)20(29)19(28)16(11-25)34-23/h2-9,14-16,18-23,25-26,28-31H,10-11H2,1H3/t14-,15+,16+,18-,19-,20-,21-,22+,23+,24+/m0/s1. The van der Waals surface area contributed by atoms with E-state index >= 15 is 0 Å². The van der Waals surface area contributed by atoms with Crippen molar-refractivity contribution in [2.24, 2.45) is 11.8 Å². The number of esters is 1. The number of carbonyl (C=O) groups excluding carboxylic acids is 1. The number of ether oxygens (including phenoxy) is 4. The van der Waals surface area contributed by atoms with Gasteiger partial charge in [-0.15, -0.1) is 0 Å². The van der Waals surface area contributed by atoms with Crippen LogP contribution in [-0.2, 0) is 23.7 Å². The van der Waals surface area contributed by atoms with Crippen molar-refractivity contribution in [3.05, 3.63) is 48.2 Å². The van der Waals surface area contributed by atoms with E-state index in [1.54, 1.807) is 25.1 Å². The molecule has 1 saturated heterocycles. The molecule has 2 heterocycles. The second-order valence-corrected chi connectivity index (χ2v) is 9.23. The molecule has 0 radical (unpaired) electrons. The van der Waals surface area contributed by atoms with Crippen LogP contribution in [0.2, 0.25) is 0 Å². The van der Waals surface area contributed by atoms with E-state index in [0.29, 0.717) is 5.56 Å². The van der Waals surface area contributed by atoms with E-state index in [1.165, 1.54) is 30.5 Å². The van der Waals surface area contributed by atoms with Crippen molar-refractivity contribution in [1.29, 1.82) is 0 Å². The molecule has 1 saturated carbocycles. The van der Waals surface area contributed by atoms with Crippen LogP contribution in [0, 0.1) is 11.8 Å². The smallest absolute Gasteiger partial charge is 0.331 e. The monoisotopic (exact) mass is 494 g/mol. The highest BCUT2D eigenvalue weighted by molar-refractivity contribution is 5.87. The molecule has 1 aromatic rings. The van der Waals surface area contributed by atoms with Crippen LogP contribution in [0.5, 0.6) is 5.75 Å². The van der Waals surface area contributed by atoms with Crippen LogP contribution in [0.3, 0.4) is 0 Å². The SMILES string of the molecule is C[C@@]1(O)C[C@@H](OC(=O)C=Cc2ccc(O)cc2)[C@@H]2C=CO[C@H](O[C@H]3O[C@H](CO)[C@H](O)[C@H](O)[C@@H]3O)[C@H]21. The lowest BCUT2D eigenvalue weighted by Crippen LogP contribution is -2.60. The largest absolute Gasteiger partial charge is 0.508 e. The maximum absolute atomic E-state index is 12.4. The zero-order chi connectivity index (χ0) is 25.3. The minimum absolute atomic E-state index is 0.0867. The van der Waals surface area contributed by atoms with Crippen LogP contribution < -0.4 is 0 Å². The number of phenols is 1. The molecule has 0 amide bonds. The van der Waals surface area contributed by atoms with E-state index < -0.39 is 73.1 Å². The second-order valence-electron chi connectivity index (χ2n) is 9.23. The van der Waals surface area contributed by atoms with Gasteiger partial charge in [0, 0.05) is 18.4 Å². The first-order valence-electron chi connectivity index (χ1n) is 11.3. The first-order valence-corrected chi connectivity index (χ1v) is 11.3. The van der Waals surface area contributed by atoms with Gasteiger partial charge in [0.15, 0.2) is 6.29 Å². The molecule has 2 fully saturated rings. The lowest BCUT2D eigenvalue weighted by molar-refractivity contribution is -0.346. The third kappa shape index (κ3) is 5.36. The lowest BCUT2D eigenvalue weighted by Gasteiger charge is -2.43. The molecule has 1 aromatic carbocycles. The van der Waals surface area contributed by atoms with Crippen molar-refractivity contribution >= 4 is 12.0 Å². The number of fused-ring (bicyclic) bond motifs is 1. The topological polar surface area (TPSA) is 175 Å². The molecule has 2 aliphatic heterocycles. The predicted molar refractivity (Wildman–Crippen MR) is 118 cm³/mol. The van der Waals surface area contributed by atoms with Crippen LogP contribution in [-0.4, -0.2) is 91.9 Å². The highest BCUT2D eigenvalue weighted by atomic mass is 16.8. The summed E-state index contributed by atoms with van der Waals surface area (Å²) in [5.74, 6) is -1.72. The van der Waals surface area contributed by atoms with Crippen molar-refractivity contribution < 1.29 is 54.4 Å². The Morgan fingerprint density at radius 3 is 2.54 bits per heavy atom. The van der Waals surface area contributed by atoms with Gasteiger partial charge in [-0.3, -0.25) is 0 Å². The number of carbonyl (C=O) groups is 1. The van der Waals surface area contributed by atoms with E-state index in [2.05, 4.69) is 0 Å². The molecule has 11 heteroatoms. The molecule has 3 aliphatic rings. The van der Waals surface area contributed by atoms with Crippen molar-refractivity contribution in [3.63, 3.8) is 0 Å². The second kappa shape index (κ2) is 10.2. The summed E-state index contributed by atoms with van der Waals surface area (Å²) in [7, 11) is 0. The van der Waals surface area contributed by atoms with Gasteiger partial charge in [0.25, 0.3) is 0 Å². The molecule has 11 nitrogen and oxygen atoms in total. The Kier molecular flexibility index (Phi) is 7.48. The summed E-state index contributed by atoms with van der Waals surface area (Å²) >= 11 is 0. The van der Waals surface area contributed by atoms with Gasteiger partial charge in [-0.05, 0) is 36.8 Å². The van der Waals surface area contributed by atoms with E-state index in [1.807, 2.05) is 0 Å². The van der Waals surface area contributed by atoms with E-state index in [-0.39, 0.29) is 12.2 Å². The summed E-state index contributed by atoms with van der Waals surface area (Å²) < 4.78 is 22.3. The van der Waals surface area contributed by atoms with Gasteiger partial charge in [0.1, 0.15) is 36.3 Å². The zero-order valence-corrected chi connectivity index (χ0v) is 19.0. The number of aliphatic hydroxyl groups is 5. The van der Waals surface area contributed by atoms with E-state index in [9.17, 15) is 35.4 Å². The fourth-order valence-electron chi connectivity index (χ4n) is 4.83. The molecule has 0 unspecified atom stereocenters. The zero-order valence-electron chi connectivity index (χ0n) is 19.0. The predicted octanol–water partition coefficient (Wildman–Crippen LogP) is -0.609. The first-order chi connectivity index (χ1) is 16.6. The number of benzene rings is 1. The van der Waals surface area contributed by atoms with Gasteiger partial charge >= 0.3 is 5.97 Å². The Morgan fingerprint density at radius 1 is 1.14 bits per heavy atom. The van der Waals surface area contributed by atoms with Crippen molar-refractivity contribution in [1.82, 2.24) is 0 Å². The molecule has 6 N–H and O–H groups in total. The molecular weight excluding hydrogens is 464 g/mol. The van der Waals surface area contributed by atoms with Crippen LogP contribution in [0.4, 0.5) is 0 Å². The minimum atomic E-state index is -1.63. The maximum atomic E-state index is 12.4. The number of aromatic hydroxyl groups is 1. The average molecular weight is 494 g/mol. The quantitative estimate of drug-likeness (QED) is 0.220. The van der Waals surface area contributed by atoms with Gasteiger partial charge in [-0.1, -0.05) is 12.1 Å². The van der Waals surface area contributed by atoms with Gasteiger partial charge in [-0.2, -0.15) is 0 Å². The molecule has 192 valence electrons. The molecule has 0 bridgehead atoms. The fourth-order valence-corrected chi connectivity index (χ4v) is 4.83. The molecule has 10 atom stereocenters. The Labute approximate surface area is 201 Å². The summed E-state index contributed by atoms with van der Waals surface area (Å²) in [6.07, 6.45) is -3.39. The molecule has 1 aliphatic carbocycles. The van der Waals surface area contributed by atoms with Gasteiger partial charge in [0.05, 0.1) is 24.4 Å². The first kappa shape index (κ1) is 25.6. The van der Waals surface area contributed by atoms with Gasteiger partial charge in [-0.25, -0.2) is 4.79 Å². The number of phenolic OH excluding ortho intramolecular Hbond substituents is 1. The fraction of sp³-hybridized carbons (Fsp3) is 0.542. The van der Waals surface area contributed by atoms with Crippen LogP contribution in [0.1, 0.15) is 18.9 Å². The van der Waals surface area contributed by atoms with E-state index in [4.69, 9.17) is 18.9 Å². The van der Waals surface area contributed by atoms with Crippen LogP contribution in [0.15, 0.2) is 42.7 Å². The van der Waals surface area contributed by atoms with Gasteiger partial charge in [0.2, 0.25) is 6.29 Å². The average Bonchev–Trinajstić information content (AvgIpc) is 3.09. The third-order valence-electron chi connectivity index (χ3n) is 6.67. The highest BCUT2D eigenvalue weighted by Gasteiger charge is 2.57. The van der Waals surface area contributed by atoms with Crippen LogP contribution >= 0.6 is 0 Å². The molecule has 4 rings (SSSR count). The van der Waals surface area contributed by atoms with Crippen molar-refractivity contribution in [3.8, 4) is 5.75 Å². The number of rotatable bonds is 6. The molecule has 0 spiro atoms. The Balaban J connectivity index is 1.44. The Morgan fingerprint density at radius 2 is 1.86 bits per heavy atom. The Hall–Kier alpha value is -2.51. The van der Waals surface area contributed by atoms with Gasteiger partial charge < -0.3 is 49.6 Å².